The van der Waals surface area contributed by atoms with Crippen molar-refractivity contribution in [3.63, 3.8) is 0 Å². The molecule has 0 bridgehead atoms. The first-order valence-corrected chi connectivity index (χ1v) is 9.95. The number of carbonyl (C=O) groups is 3. The lowest BCUT2D eigenvalue weighted by Gasteiger charge is -2.26. The van der Waals surface area contributed by atoms with E-state index in [0.717, 1.165) is 18.5 Å². The fourth-order valence-electron chi connectivity index (χ4n) is 4.37. The van der Waals surface area contributed by atoms with Gasteiger partial charge in [0.15, 0.2) is 0 Å². The lowest BCUT2D eigenvalue weighted by molar-refractivity contribution is -0.192. The zero-order valence-corrected chi connectivity index (χ0v) is 17.0. The highest BCUT2D eigenvalue weighted by Gasteiger charge is 2.56. The third kappa shape index (κ3) is 4.65. The largest absolute Gasteiger partial charge is 0.490 e. The smallest absolute Gasteiger partial charge is 0.475 e. The van der Waals surface area contributed by atoms with E-state index in [9.17, 15) is 22.8 Å². The van der Waals surface area contributed by atoms with Gasteiger partial charge in [0.1, 0.15) is 0 Å². The first-order chi connectivity index (χ1) is 14.6. The fourth-order valence-corrected chi connectivity index (χ4v) is 4.37. The molecule has 0 saturated carbocycles. The van der Waals surface area contributed by atoms with Gasteiger partial charge >= 0.3 is 12.1 Å². The molecule has 31 heavy (non-hydrogen) atoms. The number of anilines is 1. The van der Waals surface area contributed by atoms with Crippen molar-refractivity contribution in [1.82, 2.24) is 9.88 Å². The molecule has 3 saturated heterocycles. The molecule has 3 aliphatic heterocycles. The summed E-state index contributed by atoms with van der Waals surface area (Å²) in [6.45, 7) is 5.19. The van der Waals surface area contributed by atoms with Crippen LogP contribution < -0.4 is 4.90 Å². The van der Waals surface area contributed by atoms with Crippen LogP contribution in [0.5, 0.6) is 0 Å². The summed E-state index contributed by atoms with van der Waals surface area (Å²) in [7, 11) is 0. The van der Waals surface area contributed by atoms with Crippen LogP contribution in [-0.4, -0.2) is 71.8 Å². The Morgan fingerprint density at radius 2 is 2.06 bits per heavy atom. The maximum absolute atomic E-state index is 13.2. The lowest BCUT2D eigenvalue weighted by Crippen LogP contribution is -2.41. The number of nitrogens with zero attached hydrogens (tertiary/aromatic N) is 3. The predicted molar refractivity (Wildman–Crippen MR) is 102 cm³/mol. The summed E-state index contributed by atoms with van der Waals surface area (Å²) in [6, 6.07) is 3.77. The first kappa shape index (κ1) is 23.0. The molecule has 1 unspecified atom stereocenters. The van der Waals surface area contributed by atoms with Gasteiger partial charge in [-0.15, -0.1) is 0 Å². The monoisotopic (exact) mass is 443 g/mol. The summed E-state index contributed by atoms with van der Waals surface area (Å²) in [5, 5.41) is 7.12. The van der Waals surface area contributed by atoms with E-state index in [4.69, 9.17) is 14.6 Å². The molecule has 3 fully saturated rings. The Morgan fingerprint density at radius 1 is 1.35 bits per heavy atom. The van der Waals surface area contributed by atoms with Gasteiger partial charge in [0.25, 0.3) is 0 Å². The summed E-state index contributed by atoms with van der Waals surface area (Å²) in [5.41, 5.74) is 0.408. The summed E-state index contributed by atoms with van der Waals surface area (Å²) < 4.78 is 37.1. The number of halogens is 3. The average molecular weight is 443 g/mol. The van der Waals surface area contributed by atoms with Gasteiger partial charge < -0.3 is 19.6 Å². The average Bonchev–Trinajstić information content (AvgIpc) is 3.44. The van der Waals surface area contributed by atoms with Crippen molar-refractivity contribution < 1.29 is 37.4 Å². The van der Waals surface area contributed by atoms with Gasteiger partial charge in [-0.1, -0.05) is 6.92 Å². The highest BCUT2D eigenvalue weighted by atomic mass is 19.4. The standard InChI is InChI=1S/C18H23N3O3.C2HF3O2/c1-13-10-20(16(22)14-4-8-24-11-14)12-18(13)5-7-21(17(18)23)15-3-2-6-19-9-15;3-2(4,5)1(6)7/h2-3,6,9,13-14H,4-5,7-8,10-12H2,1H3;(H,6,7)/t13-,14?,18-;/m0./s1. The Morgan fingerprint density at radius 3 is 2.61 bits per heavy atom. The Bertz CT molecular complexity index is 829. The van der Waals surface area contributed by atoms with Gasteiger partial charge in [-0.25, -0.2) is 4.79 Å². The van der Waals surface area contributed by atoms with Gasteiger partial charge in [0.05, 0.1) is 29.8 Å². The number of ether oxygens (including phenoxy) is 1. The van der Waals surface area contributed by atoms with Crippen LogP contribution in [0.15, 0.2) is 24.5 Å². The molecule has 170 valence electrons. The number of alkyl halides is 3. The molecule has 0 aromatic carbocycles. The molecule has 3 atom stereocenters. The van der Waals surface area contributed by atoms with Crippen molar-refractivity contribution in [1.29, 1.82) is 0 Å². The zero-order valence-electron chi connectivity index (χ0n) is 17.0. The van der Waals surface area contributed by atoms with E-state index in [0.29, 0.717) is 32.8 Å². The second kappa shape index (κ2) is 8.81. The second-order valence-electron chi connectivity index (χ2n) is 8.06. The van der Waals surface area contributed by atoms with E-state index in [1.54, 1.807) is 12.4 Å². The molecule has 4 rings (SSSR count). The third-order valence-electron chi connectivity index (χ3n) is 6.15. The van der Waals surface area contributed by atoms with Gasteiger partial charge in [0, 0.05) is 32.4 Å². The Hall–Kier alpha value is -2.69. The SMILES string of the molecule is C[C@H]1CN(C(=O)C2CCOC2)C[C@@]12CCN(c1cccnc1)C2=O.O=C(O)C(F)(F)F. The number of amides is 2. The van der Waals surface area contributed by atoms with Crippen LogP contribution in [0.2, 0.25) is 0 Å². The minimum atomic E-state index is -5.08. The number of carbonyl (C=O) groups excluding carboxylic acids is 2. The number of likely N-dealkylation sites (tertiary alicyclic amines) is 1. The number of pyridine rings is 1. The number of hydrogen-bond acceptors (Lipinski definition) is 5. The van der Waals surface area contributed by atoms with Crippen LogP contribution in [0, 0.1) is 17.3 Å². The normalized spacial score (nSPS) is 28.1. The van der Waals surface area contributed by atoms with Crippen molar-refractivity contribution in [3.05, 3.63) is 24.5 Å². The predicted octanol–water partition coefficient (Wildman–Crippen LogP) is 1.95. The quantitative estimate of drug-likeness (QED) is 0.750. The number of rotatable bonds is 2. The molecule has 1 aromatic rings. The summed E-state index contributed by atoms with van der Waals surface area (Å²) in [6.07, 6.45) is -0.0449. The minimum absolute atomic E-state index is 0.0294. The molecular weight excluding hydrogens is 419 g/mol. The van der Waals surface area contributed by atoms with Gasteiger partial charge in [-0.2, -0.15) is 13.2 Å². The van der Waals surface area contributed by atoms with Crippen molar-refractivity contribution in [2.24, 2.45) is 17.3 Å². The highest BCUT2D eigenvalue weighted by Crippen LogP contribution is 2.46. The van der Waals surface area contributed by atoms with Crippen LogP contribution >= 0.6 is 0 Å². The van der Waals surface area contributed by atoms with Crippen molar-refractivity contribution in [3.8, 4) is 0 Å². The Balaban J connectivity index is 0.000000339. The number of carboxylic acids is 1. The maximum Gasteiger partial charge on any atom is 0.490 e. The van der Waals surface area contributed by atoms with Crippen LogP contribution in [0.4, 0.5) is 18.9 Å². The summed E-state index contributed by atoms with van der Waals surface area (Å²) >= 11 is 0. The minimum Gasteiger partial charge on any atom is -0.475 e. The van der Waals surface area contributed by atoms with Crippen molar-refractivity contribution >= 4 is 23.5 Å². The molecule has 11 heteroatoms. The van der Waals surface area contributed by atoms with E-state index in [-0.39, 0.29) is 23.7 Å². The molecule has 2 amide bonds. The molecule has 0 aliphatic carbocycles. The maximum atomic E-state index is 13.2. The molecule has 0 radical (unpaired) electrons. The van der Waals surface area contributed by atoms with E-state index in [1.165, 1.54) is 0 Å². The van der Waals surface area contributed by atoms with E-state index in [1.807, 2.05) is 21.9 Å². The second-order valence-corrected chi connectivity index (χ2v) is 8.06. The number of carboxylic acid groups (broad SMARTS) is 1. The molecule has 1 spiro atoms. The molecule has 8 nitrogen and oxygen atoms in total. The number of aromatic nitrogens is 1. The Kier molecular flexibility index (Phi) is 6.54. The van der Waals surface area contributed by atoms with Gasteiger partial charge in [-0.3, -0.25) is 14.6 Å². The van der Waals surface area contributed by atoms with E-state index in [2.05, 4.69) is 11.9 Å². The van der Waals surface area contributed by atoms with Crippen molar-refractivity contribution in [2.75, 3.05) is 37.7 Å². The Labute approximate surface area is 177 Å². The molecular formula is C20H24F3N3O5. The lowest BCUT2D eigenvalue weighted by atomic mass is 9.78. The topological polar surface area (TPSA) is 100 Å². The zero-order chi connectivity index (χ0) is 22.8. The fraction of sp³-hybridized carbons (Fsp3) is 0.600. The highest BCUT2D eigenvalue weighted by molar-refractivity contribution is 6.01. The van der Waals surface area contributed by atoms with Gasteiger partial charge in [-0.05, 0) is 30.9 Å². The van der Waals surface area contributed by atoms with E-state index < -0.39 is 17.6 Å². The summed E-state index contributed by atoms with van der Waals surface area (Å²) in [4.78, 5) is 42.6. The summed E-state index contributed by atoms with van der Waals surface area (Å²) in [5.74, 6) is -2.31. The van der Waals surface area contributed by atoms with Crippen LogP contribution in [0.1, 0.15) is 19.8 Å². The van der Waals surface area contributed by atoms with E-state index >= 15 is 0 Å². The van der Waals surface area contributed by atoms with Gasteiger partial charge in [0.2, 0.25) is 11.8 Å². The van der Waals surface area contributed by atoms with Crippen LogP contribution in [-0.2, 0) is 19.1 Å². The van der Waals surface area contributed by atoms with Crippen molar-refractivity contribution in [2.45, 2.75) is 25.9 Å². The molecule has 1 aromatic heterocycles. The van der Waals surface area contributed by atoms with Crippen LogP contribution in [0.3, 0.4) is 0 Å². The molecule has 1 N–H and O–H groups in total. The van der Waals surface area contributed by atoms with Crippen LogP contribution in [0.25, 0.3) is 0 Å². The number of aliphatic carboxylic acids is 1. The third-order valence-corrected chi connectivity index (χ3v) is 6.15. The number of hydrogen-bond donors (Lipinski definition) is 1. The molecule has 4 heterocycles. The molecule has 3 aliphatic rings. The first-order valence-electron chi connectivity index (χ1n) is 9.95.